The van der Waals surface area contributed by atoms with Crippen molar-refractivity contribution in [1.82, 2.24) is 10.3 Å². The molecule has 0 radical (unpaired) electrons. The molecule has 1 spiro atoms. The van der Waals surface area contributed by atoms with Crippen LogP contribution in [0, 0.1) is 0 Å². The van der Waals surface area contributed by atoms with Gasteiger partial charge in [-0.1, -0.05) is 18.2 Å². The van der Waals surface area contributed by atoms with E-state index in [1.807, 2.05) is 24.3 Å². The molecule has 4 rings (SSSR count). The Balaban J connectivity index is 1.46. The van der Waals surface area contributed by atoms with E-state index in [2.05, 4.69) is 10.3 Å². The SMILES string of the molecule is O=C(COc1cccnc1)N[C@H]1CC2(CCOCC2)Oc2ccccc21. The summed E-state index contributed by atoms with van der Waals surface area (Å²) in [4.78, 5) is 16.4. The molecule has 1 atom stereocenters. The summed E-state index contributed by atoms with van der Waals surface area (Å²) in [5.41, 5.74) is 0.744. The third-order valence-electron chi connectivity index (χ3n) is 4.94. The molecule has 2 aromatic rings. The number of carbonyl (C=O) groups excluding carboxylic acids is 1. The van der Waals surface area contributed by atoms with E-state index >= 15 is 0 Å². The Morgan fingerprint density at radius 2 is 2.08 bits per heavy atom. The summed E-state index contributed by atoms with van der Waals surface area (Å²) in [5.74, 6) is 1.27. The molecule has 0 unspecified atom stereocenters. The predicted molar refractivity (Wildman–Crippen MR) is 95.1 cm³/mol. The molecule has 0 bridgehead atoms. The molecule has 1 saturated heterocycles. The number of aromatic nitrogens is 1. The van der Waals surface area contributed by atoms with E-state index in [0.717, 1.165) is 30.6 Å². The number of ether oxygens (including phenoxy) is 3. The van der Waals surface area contributed by atoms with E-state index in [1.54, 1.807) is 24.5 Å². The maximum Gasteiger partial charge on any atom is 0.258 e. The fourth-order valence-corrected chi connectivity index (χ4v) is 3.61. The lowest BCUT2D eigenvalue weighted by molar-refractivity contribution is -0.125. The number of nitrogens with zero attached hydrogens (tertiary/aromatic N) is 1. The molecular formula is C20H22N2O4. The molecule has 2 aliphatic rings. The highest BCUT2D eigenvalue weighted by molar-refractivity contribution is 5.78. The molecule has 0 aliphatic carbocycles. The number of hydrogen-bond acceptors (Lipinski definition) is 5. The van der Waals surface area contributed by atoms with Gasteiger partial charge in [-0.25, -0.2) is 0 Å². The summed E-state index contributed by atoms with van der Waals surface area (Å²) in [6.07, 6.45) is 5.67. The van der Waals surface area contributed by atoms with Crippen molar-refractivity contribution in [3.63, 3.8) is 0 Å². The Labute approximate surface area is 152 Å². The maximum absolute atomic E-state index is 12.4. The van der Waals surface area contributed by atoms with Crippen LogP contribution in [0.5, 0.6) is 11.5 Å². The van der Waals surface area contributed by atoms with Crippen molar-refractivity contribution in [3.8, 4) is 11.5 Å². The number of carbonyl (C=O) groups is 1. The minimum absolute atomic E-state index is 0.0403. The molecule has 3 heterocycles. The normalized spacial score (nSPS) is 20.7. The number of benzene rings is 1. The molecule has 136 valence electrons. The zero-order chi connectivity index (χ0) is 17.8. The molecule has 26 heavy (non-hydrogen) atoms. The van der Waals surface area contributed by atoms with Crippen molar-refractivity contribution in [1.29, 1.82) is 0 Å². The maximum atomic E-state index is 12.4. The van der Waals surface area contributed by atoms with E-state index in [1.165, 1.54) is 0 Å². The summed E-state index contributed by atoms with van der Waals surface area (Å²) in [6, 6.07) is 11.4. The van der Waals surface area contributed by atoms with Gasteiger partial charge in [-0.3, -0.25) is 9.78 Å². The third-order valence-corrected chi connectivity index (χ3v) is 4.94. The number of para-hydroxylation sites is 1. The molecule has 1 N–H and O–H groups in total. The van der Waals surface area contributed by atoms with Gasteiger partial charge in [0.2, 0.25) is 0 Å². The van der Waals surface area contributed by atoms with Crippen LogP contribution < -0.4 is 14.8 Å². The van der Waals surface area contributed by atoms with Crippen molar-refractivity contribution >= 4 is 5.91 Å². The number of nitrogens with one attached hydrogen (secondary N) is 1. The van der Waals surface area contributed by atoms with Crippen LogP contribution in [0.3, 0.4) is 0 Å². The first kappa shape index (κ1) is 16.8. The first-order valence-electron chi connectivity index (χ1n) is 8.92. The second kappa shape index (κ2) is 7.33. The standard InChI is InChI=1S/C20H22N2O4/c23-19(14-25-15-4-3-9-21-13-15)22-17-12-20(7-10-24-11-8-20)26-18-6-2-1-5-16(17)18/h1-6,9,13,17H,7-8,10-12,14H2,(H,22,23)/t17-/m0/s1. The van der Waals surface area contributed by atoms with E-state index in [-0.39, 0.29) is 24.2 Å². The molecule has 1 fully saturated rings. The highest BCUT2D eigenvalue weighted by Crippen LogP contribution is 2.43. The minimum atomic E-state index is -0.269. The molecule has 1 aromatic carbocycles. The van der Waals surface area contributed by atoms with Gasteiger partial charge in [-0.15, -0.1) is 0 Å². The van der Waals surface area contributed by atoms with Crippen LogP contribution in [0.15, 0.2) is 48.8 Å². The van der Waals surface area contributed by atoms with Crippen molar-refractivity contribution < 1.29 is 19.0 Å². The van der Waals surface area contributed by atoms with Crippen molar-refractivity contribution in [2.75, 3.05) is 19.8 Å². The first-order valence-corrected chi connectivity index (χ1v) is 8.92. The van der Waals surface area contributed by atoms with Gasteiger partial charge in [0.25, 0.3) is 5.91 Å². The average Bonchev–Trinajstić information content (AvgIpc) is 2.68. The van der Waals surface area contributed by atoms with E-state index in [4.69, 9.17) is 14.2 Å². The van der Waals surface area contributed by atoms with E-state index in [9.17, 15) is 4.79 Å². The Morgan fingerprint density at radius 3 is 2.88 bits per heavy atom. The van der Waals surface area contributed by atoms with Crippen molar-refractivity contribution in [2.24, 2.45) is 0 Å². The van der Waals surface area contributed by atoms with Crippen LogP contribution in [0.4, 0.5) is 0 Å². The molecule has 1 aromatic heterocycles. The molecule has 2 aliphatic heterocycles. The lowest BCUT2D eigenvalue weighted by atomic mass is 9.82. The highest BCUT2D eigenvalue weighted by Gasteiger charge is 2.42. The second-order valence-electron chi connectivity index (χ2n) is 6.74. The topological polar surface area (TPSA) is 69.7 Å². The van der Waals surface area contributed by atoms with Crippen LogP contribution in [-0.2, 0) is 9.53 Å². The number of pyridine rings is 1. The Morgan fingerprint density at radius 1 is 1.23 bits per heavy atom. The van der Waals surface area contributed by atoms with Gasteiger partial charge in [-0.2, -0.15) is 0 Å². The average molecular weight is 354 g/mol. The van der Waals surface area contributed by atoms with Crippen LogP contribution in [0.25, 0.3) is 0 Å². The number of fused-ring (bicyclic) bond motifs is 1. The van der Waals surface area contributed by atoms with Gasteiger partial charge >= 0.3 is 0 Å². The Hall–Kier alpha value is -2.60. The summed E-state index contributed by atoms with van der Waals surface area (Å²) in [7, 11) is 0. The summed E-state index contributed by atoms with van der Waals surface area (Å²) in [5, 5.41) is 3.11. The monoisotopic (exact) mass is 354 g/mol. The largest absolute Gasteiger partial charge is 0.487 e. The molecule has 6 nitrogen and oxygen atoms in total. The third kappa shape index (κ3) is 3.65. The molecule has 6 heteroatoms. The zero-order valence-corrected chi connectivity index (χ0v) is 14.5. The second-order valence-corrected chi connectivity index (χ2v) is 6.74. The van der Waals surface area contributed by atoms with Crippen molar-refractivity contribution in [3.05, 3.63) is 54.4 Å². The lowest BCUT2D eigenvalue weighted by Gasteiger charge is -2.44. The molecule has 1 amide bonds. The number of rotatable bonds is 4. The summed E-state index contributed by atoms with van der Waals surface area (Å²) in [6.45, 7) is 1.33. The Bertz CT molecular complexity index is 759. The van der Waals surface area contributed by atoms with Crippen LogP contribution in [0.2, 0.25) is 0 Å². The quantitative estimate of drug-likeness (QED) is 0.914. The number of amides is 1. The van der Waals surface area contributed by atoms with Gasteiger partial charge in [0.15, 0.2) is 6.61 Å². The lowest BCUT2D eigenvalue weighted by Crippen LogP contribution is -2.49. The minimum Gasteiger partial charge on any atom is -0.487 e. The van der Waals surface area contributed by atoms with Crippen LogP contribution >= 0.6 is 0 Å². The van der Waals surface area contributed by atoms with Crippen molar-refractivity contribution in [2.45, 2.75) is 30.9 Å². The first-order chi connectivity index (χ1) is 12.7. The van der Waals surface area contributed by atoms with Gasteiger partial charge in [-0.05, 0) is 18.2 Å². The van der Waals surface area contributed by atoms with Crippen LogP contribution in [-0.4, -0.2) is 36.3 Å². The molecular weight excluding hydrogens is 332 g/mol. The smallest absolute Gasteiger partial charge is 0.258 e. The number of hydrogen-bond donors (Lipinski definition) is 1. The fraction of sp³-hybridized carbons (Fsp3) is 0.400. The van der Waals surface area contributed by atoms with E-state index in [0.29, 0.717) is 19.0 Å². The van der Waals surface area contributed by atoms with Gasteiger partial charge in [0.1, 0.15) is 17.1 Å². The summed E-state index contributed by atoms with van der Waals surface area (Å²) >= 11 is 0. The molecule has 0 saturated carbocycles. The highest BCUT2D eigenvalue weighted by atomic mass is 16.5. The van der Waals surface area contributed by atoms with Crippen LogP contribution in [0.1, 0.15) is 30.9 Å². The van der Waals surface area contributed by atoms with E-state index < -0.39 is 0 Å². The Kier molecular flexibility index (Phi) is 4.75. The van der Waals surface area contributed by atoms with Gasteiger partial charge < -0.3 is 19.5 Å². The van der Waals surface area contributed by atoms with Gasteiger partial charge in [0, 0.05) is 31.0 Å². The van der Waals surface area contributed by atoms with Gasteiger partial charge in [0.05, 0.1) is 25.5 Å². The zero-order valence-electron chi connectivity index (χ0n) is 14.5. The fourth-order valence-electron chi connectivity index (χ4n) is 3.61. The predicted octanol–water partition coefficient (Wildman–Crippen LogP) is 2.65. The summed E-state index contributed by atoms with van der Waals surface area (Å²) < 4.78 is 17.3.